The van der Waals surface area contributed by atoms with E-state index in [9.17, 15) is 13.6 Å². The molecule has 20 heavy (non-hydrogen) atoms. The lowest BCUT2D eigenvalue weighted by Gasteiger charge is -2.11. The summed E-state index contributed by atoms with van der Waals surface area (Å²) in [7, 11) is 0. The molecule has 1 rings (SSSR count). The number of carbonyl (C=O) groups is 1. The summed E-state index contributed by atoms with van der Waals surface area (Å²) < 4.78 is 25.9. The Kier molecular flexibility index (Phi) is 5.61. The predicted molar refractivity (Wildman–Crippen MR) is 68.4 cm³/mol. The molecule has 6 nitrogen and oxygen atoms in total. The normalized spacial score (nSPS) is 9.85. The van der Waals surface area contributed by atoms with Gasteiger partial charge in [0.05, 0.1) is 5.71 Å². The molecule has 0 N–H and O–H groups in total. The molecule has 1 aromatic rings. The Balaban J connectivity index is 3.22. The fourth-order valence-electron chi connectivity index (χ4n) is 1.49. The average Bonchev–Trinajstić information content (AvgIpc) is 2.38. The van der Waals surface area contributed by atoms with Gasteiger partial charge in [0.1, 0.15) is 6.61 Å². The van der Waals surface area contributed by atoms with Gasteiger partial charge in [0.15, 0.2) is 0 Å². The van der Waals surface area contributed by atoms with E-state index in [4.69, 9.17) is 10.4 Å². The van der Waals surface area contributed by atoms with Crippen LogP contribution < -0.4 is 0 Å². The quantitative estimate of drug-likeness (QED) is 0.269. The van der Waals surface area contributed by atoms with Crippen molar-refractivity contribution in [2.45, 2.75) is 26.9 Å². The summed E-state index contributed by atoms with van der Waals surface area (Å²) in [6, 6.07) is 3.77. The van der Waals surface area contributed by atoms with Crippen LogP contribution in [0.4, 0.5) is 8.78 Å². The van der Waals surface area contributed by atoms with Crippen LogP contribution in [-0.4, -0.2) is 11.6 Å². The van der Waals surface area contributed by atoms with Gasteiger partial charge in [-0.15, -0.1) is 0 Å². The Labute approximate surface area is 113 Å². The van der Waals surface area contributed by atoms with Crippen LogP contribution in [0.5, 0.6) is 0 Å². The molecule has 1 aromatic carbocycles. The monoisotopic (exact) mass is 282 g/mol. The summed E-state index contributed by atoms with van der Waals surface area (Å²) in [4.78, 5) is 18.8. The minimum Gasteiger partial charge on any atom is -0.391 e. The first-order valence-corrected chi connectivity index (χ1v) is 5.60. The van der Waals surface area contributed by atoms with E-state index < -0.39 is 12.3 Å². The lowest BCUT2D eigenvalue weighted by molar-refractivity contribution is 0.0981. The molecule has 0 spiro atoms. The van der Waals surface area contributed by atoms with Gasteiger partial charge in [-0.1, -0.05) is 23.4 Å². The Morgan fingerprint density at radius 1 is 1.45 bits per heavy atom. The van der Waals surface area contributed by atoms with E-state index in [0.717, 1.165) is 0 Å². The molecule has 0 bridgehead atoms. The van der Waals surface area contributed by atoms with Gasteiger partial charge in [-0.05, 0) is 24.5 Å². The van der Waals surface area contributed by atoms with Gasteiger partial charge < -0.3 is 4.84 Å². The van der Waals surface area contributed by atoms with Crippen LogP contribution in [-0.2, 0) is 11.4 Å². The highest BCUT2D eigenvalue weighted by atomic mass is 19.3. The molecule has 0 atom stereocenters. The number of hydrogen-bond acceptors (Lipinski definition) is 3. The van der Waals surface area contributed by atoms with Crippen LogP contribution >= 0.6 is 0 Å². The van der Waals surface area contributed by atoms with E-state index in [0.29, 0.717) is 5.71 Å². The third kappa shape index (κ3) is 4.03. The lowest BCUT2D eigenvalue weighted by atomic mass is 10.0. The molecule has 0 aliphatic rings. The van der Waals surface area contributed by atoms with Gasteiger partial charge in [0, 0.05) is 21.6 Å². The van der Waals surface area contributed by atoms with Crippen LogP contribution in [0.25, 0.3) is 10.4 Å². The number of rotatable bonds is 5. The van der Waals surface area contributed by atoms with Crippen molar-refractivity contribution in [2.24, 2.45) is 10.3 Å². The standard InChI is InChI=1S/C12H12F2N4O2/c1-7(2)17-20-6-10-8(11(13)14)4-3-5-9(10)12(19)16-18-15/h3-5,11H,6H2,1-2H3. The molecule has 0 saturated heterocycles. The summed E-state index contributed by atoms with van der Waals surface area (Å²) in [5, 5.41) is 6.53. The smallest absolute Gasteiger partial charge is 0.264 e. The maximum atomic E-state index is 12.9. The highest BCUT2D eigenvalue weighted by Gasteiger charge is 2.19. The summed E-state index contributed by atoms with van der Waals surface area (Å²) in [6.45, 7) is 3.03. The molecule has 0 aliphatic carbocycles. The highest BCUT2D eigenvalue weighted by molar-refractivity contribution is 5.96. The molecule has 0 aliphatic heterocycles. The first-order chi connectivity index (χ1) is 9.47. The number of oxime groups is 1. The molecule has 0 heterocycles. The average molecular weight is 282 g/mol. The van der Waals surface area contributed by atoms with Gasteiger partial charge >= 0.3 is 0 Å². The van der Waals surface area contributed by atoms with Crippen LogP contribution in [0, 0.1) is 0 Å². The van der Waals surface area contributed by atoms with E-state index >= 15 is 0 Å². The first-order valence-electron chi connectivity index (χ1n) is 5.60. The molecule has 0 fully saturated rings. The van der Waals surface area contributed by atoms with Gasteiger partial charge in [-0.2, -0.15) is 0 Å². The molecule has 0 aromatic heterocycles. The van der Waals surface area contributed by atoms with Crippen LogP contribution in [0.3, 0.4) is 0 Å². The van der Waals surface area contributed by atoms with Gasteiger partial charge in [0.25, 0.3) is 6.43 Å². The van der Waals surface area contributed by atoms with Gasteiger partial charge in [-0.25, -0.2) is 8.78 Å². The second-order valence-corrected chi connectivity index (χ2v) is 3.98. The van der Waals surface area contributed by atoms with Crippen molar-refractivity contribution in [3.05, 3.63) is 45.3 Å². The predicted octanol–water partition coefficient (Wildman–Crippen LogP) is 3.99. The Hall–Kier alpha value is -2.47. The summed E-state index contributed by atoms with van der Waals surface area (Å²) in [5.41, 5.74) is 8.34. The highest BCUT2D eigenvalue weighted by Crippen LogP contribution is 2.27. The van der Waals surface area contributed by atoms with Crippen molar-refractivity contribution in [3.63, 3.8) is 0 Å². The first kappa shape index (κ1) is 15.6. The molecular weight excluding hydrogens is 270 g/mol. The third-order valence-electron chi connectivity index (χ3n) is 2.27. The minimum atomic E-state index is -2.78. The minimum absolute atomic E-state index is 0.0371. The van der Waals surface area contributed by atoms with Crippen molar-refractivity contribution in [2.75, 3.05) is 0 Å². The Morgan fingerprint density at radius 3 is 2.70 bits per heavy atom. The van der Waals surface area contributed by atoms with Crippen molar-refractivity contribution < 1.29 is 18.4 Å². The largest absolute Gasteiger partial charge is 0.391 e. The molecule has 0 radical (unpaired) electrons. The summed E-state index contributed by atoms with van der Waals surface area (Å²) in [5.74, 6) is -0.939. The zero-order chi connectivity index (χ0) is 15.1. The van der Waals surface area contributed by atoms with Crippen molar-refractivity contribution in [1.29, 1.82) is 0 Å². The van der Waals surface area contributed by atoms with Crippen LogP contribution in [0.2, 0.25) is 0 Å². The second kappa shape index (κ2) is 7.20. The molecule has 8 heteroatoms. The van der Waals surface area contributed by atoms with Gasteiger partial charge in [0.2, 0.25) is 5.91 Å². The number of amides is 1. The van der Waals surface area contributed by atoms with Crippen molar-refractivity contribution in [1.82, 2.24) is 0 Å². The second-order valence-electron chi connectivity index (χ2n) is 3.98. The van der Waals surface area contributed by atoms with E-state index in [1.54, 1.807) is 13.8 Å². The summed E-state index contributed by atoms with van der Waals surface area (Å²) >= 11 is 0. The van der Waals surface area contributed by atoms with Crippen molar-refractivity contribution >= 4 is 11.6 Å². The van der Waals surface area contributed by atoms with Gasteiger partial charge in [-0.3, -0.25) is 4.79 Å². The number of benzene rings is 1. The maximum absolute atomic E-state index is 12.9. The number of carbonyl (C=O) groups excluding carboxylic acids is 1. The molecule has 0 unspecified atom stereocenters. The van der Waals surface area contributed by atoms with Crippen molar-refractivity contribution in [3.8, 4) is 0 Å². The van der Waals surface area contributed by atoms with Crippen LogP contribution in [0.15, 0.2) is 28.5 Å². The fraction of sp³-hybridized carbons (Fsp3) is 0.333. The Morgan fingerprint density at radius 2 is 2.15 bits per heavy atom. The van der Waals surface area contributed by atoms with Crippen LogP contribution in [0.1, 0.15) is 41.8 Å². The zero-order valence-electron chi connectivity index (χ0n) is 10.9. The summed E-state index contributed by atoms with van der Waals surface area (Å²) in [6.07, 6.45) is -2.78. The lowest BCUT2D eigenvalue weighted by Crippen LogP contribution is -2.06. The molecular formula is C12H12F2N4O2. The SMILES string of the molecule is CC(C)=NOCc1c(C(=O)N=[N+]=[N-])cccc1C(F)F. The molecule has 1 amide bonds. The Bertz CT molecular complexity index is 577. The van der Waals surface area contributed by atoms with E-state index in [1.807, 2.05) is 0 Å². The number of nitrogens with zero attached hydrogens (tertiary/aromatic N) is 4. The molecule has 0 saturated carbocycles. The zero-order valence-corrected chi connectivity index (χ0v) is 10.9. The third-order valence-corrected chi connectivity index (χ3v) is 2.27. The number of azide groups is 1. The maximum Gasteiger partial charge on any atom is 0.264 e. The molecule has 106 valence electrons. The number of halogens is 2. The van der Waals surface area contributed by atoms with E-state index in [-0.39, 0.29) is 23.3 Å². The topological polar surface area (TPSA) is 87.4 Å². The fourth-order valence-corrected chi connectivity index (χ4v) is 1.49. The van der Waals surface area contributed by atoms with E-state index in [1.165, 1.54) is 18.2 Å². The number of alkyl halides is 2. The van der Waals surface area contributed by atoms with E-state index in [2.05, 4.69) is 15.2 Å². The number of hydrogen-bond donors (Lipinski definition) is 0.